The van der Waals surface area contributed by atoms with Gasteiger partial charge in [0.05, 0.1) is 18.1 Å². The Bertz CT molecular complexity index is 1190. The third kappa shape index (κ3) is 4.55. The highest BCUT2D eigenvalue weighted by atomic mass is 16.4. The molecule has 5 rings (SSSR count). The molecular formula is C28H32N4O3. The topological polar surface area (TPSA) is 78.7 Å². The van der Waals surface area contributed by atoms with E-state index < -0.39 is 6.09 Å². The summed E-state index contributed by atoms with van der Waals surface area (Å²) in [6.45, 7) is 5.22. The number of hydrogen-bond donors (Lipinski definition) is 1. The van der Waals surface area contributed by atoms with Crippen LogP contribution in [0.3, 0.4) is 0 Å². The van der Waals surface area contributed by atoms with E-state index in [0.717, 1.165) is 30.5 Å². The van der Waals surface area contributed by atoms with E-state index in [0.29, 0.717) is 31.2 Å². The van der Waals surface area contributed by atoms with Gasteiger partial charge >= 0.3 is 6.09 Å². The van der Waals surface area contributed by atoms with E-state index in [1.807, 2.05) is 41.6 Å². The van der Waals surface area contributed by atoms with Gasteiger partial charge in [-0.2, -0.15) is 0 Å². The Morgan fingerprint density at radius 2 is 1.66 bits per heavy atom. The molecule has 7 nitrogen and oxygen atoms in total. The van der Waals surface area contributed by atoms with Crippen LogP contribution < -0.4 is 0 Å². The van der Waals surface area contributed by atoms with E-state index in [-0.39, 0.29) is 18.0 Å². The van der Waals surface area contributed by atoms with Crippen molar-refractivity contribution in [1.82, 2.24) is 19.4 Å². The van der Waals surface area contributed by atoms with Crippen LogP contribution in [0.4, 0.5) is 4.79 Å². The van der Waals surface area contributed by atoms with Crippen LogP contribution in [0.1, 0.15) is 47.9 Å². The van der Waals surface area contributed by atoms with Crippen molar-refractivity contribution in [1.29, 1.82) is 0 Å². The molecule has 2 heterocycles. The number of fused-ring (bicyclic) bond motifs is 1. The van der Waals surface area contributed by atoms with Gasteiger partial charge < -0.3 is 19.5 Å². The van der Waals surface area contributed by atoms with Crippen molar-refractivity contribution in [2.45, 2.75) is 45.2 Å². The SMILES string of the molecule is CC(C)C[C@@H]1CN(C(=O)O)CCN1C(=O)c1ncn(C2Cc3ccccc3C2)c1-c1ccccc1. The van der Waals surface area contributed by atoms with Crippen LogP contribution in [0, 0.1) is 5.92 Å². The Kier molecular flexibility index (Phi) is 6.32. The molecule has 0 saturated carbocycles. The van der Waals surface area contributed by atoms with E-state index in [2.05, 4.69) is 47.7 Å². The summed E-state index contributed by atoms with van der Waals surface area (Å²) in [5.41, 5.74) is 4.95. The molecule has 2 aliphatic rings. The normalized spacial score (nSPS) is 18.2. The Morgan fingerprint density at radius 1 is 1.00 bits per heavy atom. The van der Waals surface area contributed by atoms with E-state index in [9.17, 15) is 14.7 Å². The minimum absolute atomic E-state index is 0.117. The minimum atomic E-state index is -0.930. The molecule has 182 valence electrons. The van der Waals surface area contributed by atoms with Gasteiger partial charge in [-0.05, 0) is 36.3 Å². The number of carbonyl (C=O) groups is 2. The fraction of sp³-hybridized carbons (Fsp3) is 0.393. The van der Waals surface area contributed by atoms with Crippen LogP contribution in [0.2, 0.25) is 0 Å². The second-order valence-electron chi connectivity index (χ2n) is 10.1. The Hall–Kier alpha value is -3.61. The zero-order valence-electron chi connectivity index (χ0n) is 20.3. The highest BCUT2D eigenvalue weighted by Crippen LogP contribution is 2.35. The lowest BCUT2D eigenvalue weighted by molar-refractivity contribution is 0.0405. The largest absolute Gasteiger partial charge is 0.465 e. The molecule has 1 fully saturated rings. The summed E-state index contributed by atoms with van der Waals surface area (Å²) in [6, 6.07) is 18.5. The van der Waals surface area contributed by atoms with Crippen molar-refractivity contribution in [2.24, 2.45) is 5.92 Å². The summed E-state index contributed by atoms with van der Waals surface area (Å²) >= 11 is 0. The monoisotopic (exact) mass is 472 g/mol. The number of benzene rings is 2. The second kappa shape index (κ2) is 9.56. The van der Waals surface area contributed by atoms with E-state index in [1.165, 1.54) is 16.0 Å². The molecule has 1 aromatic heterocycles. The number of carboxylic acid groups (broad SMARTS) is 1. The molecule has 2 aromatic carbocycles. The molecule has 1 saturated heterocycles. The van der Waals surface area contributed by atoms with Crippen molar-refractivity contribution < 1.29 is 14.7 Å². The molecule has 0 spiro atoms. The average Bonchev–Trinajstić information content (AvgIpc) is 3.48. The van der Waals surface area contributed by atoms with Gasteiger partial charge in [-0.1, -0.05) is 68.4 Å². The van der Waals surface area contributed by atoms with Crippen LogP contribution in [0.15, 0.2) is 60.9 Å². The number of aromatic nitrogens is 2. The summed E-state index contributed by atoms with van der Waals surface area (Å²) in [7, 11) is 0. The van der Waals surface area contributed by atoms with Gasteiger partial charge in [0.15, 0.2) is 5.69 Å². The van der Waals surface area contributed by atoms with Crippen molar-refractivity contribution in [3.05, 3.63) is 77.7 Å². The first-order chi connectivity index (χ1) is 16.9. The van der Waals surface area contributed by atoms with Crippen molar-refractivity contribution in [3.8, 4) is 11.3 Å². The van der Waals surface area contributed by atoms with Gasteiger partial charge in [0, 0.05) is 31.2 Å². The van der Waals surface area contributed by atoms with Crippen molar-refractivity contribution >= 4 is 12.0 Å². The van der Waals surface area contributed by atoms with Gasteiger partial charge in [-0.25, -0.2) is 9.78 Å². The lowest BCUT2D eigenvalue weighted by Crippen LogP contribution is -2.56. The summed E-state index contributed by atoms with van der Waals surface area (Å²) in [5.74, 6) is 0.223. The fourth-order valence-corrected chi connectivity index (χ4v) is 5.59. The predicted molar refractivity (Wildman–Crippen MR) is 134 cm³/mol. The molecule has 0 radical (unpaired) electrons. The van der Waals surface area contributed by atoms with Crippen LogP contribution in [-0.2, 0) is 12.8 Å². The highest BCUT2D eigenvalue weighted by molar-refractivity contribution is 5.98. The Labute approximate surface area is 206 Å². The minimum Gasteiger partial charge on any atom is -0.465 e. The van der Waals surface area contributed by atoms with E-state index >= 15 is 0 Å². The molecule has 0 bridgehead atoms. The smallest absolute Gasteiger partial charge is 0.407 e. The molecule has 1 atom stereocenters. The average molecular weight is 473 g/mol. The van der Waals surface area contributed by atoms with Crippen molar-refractivity contribution in [2.75, 3.05) is 19.6 Å². The van der Waals surface area contributed by atoms with Crippen molar-refractivity contribution in [3.63, 3.8) is 0 Å². The third-order valence-electron chi connectivity index (χ3n) is 7.22. The first kappa shape index (κ1) is 23.1. The molecule has 0 unspecified atom stereocenters. The third-order valence-corrected chi connectivity index (χ3v) is 7.22. The molecular weight excluding hydrogens is 440 g/mol. The number of nitrogens with zero attached hydrogens (tertiary/aromatic N) is 4. The highest BCUT2D eigenvalue weighted by Gasteiger charge is 2.36. The quantitative estimate of drug-likeness (QED) is 0.582. The molecule has 1 N–H and O–H groups in total. The van der Waals surface area contributed by atoms with Crippen LogP contribution in [0.5, 0.6) is 0 Å². The van der Waals surface area contributed by atoms with Crippen LogP contribution >= 0.6 is 0 Å². The molecule has 1 aliphatic carbocycles. The van der Waals surface area contributed by atoms with Crippen LogP contribution in [0.25, 0.3) is 11.3 Å². The molecule has 35 heavy (non-hydrogen) atoms. The number of hydrogen-bond acceptors (Lipinski definition) is 3. The lowest BCUT2D eigenvalue weighted by Gasteiger charge is -2.41. The number of piperazine rings is 1. The fourth-order valence-electron chi connectivity index (χ4n) is 5.59. The molecule has 3 aromatic rings. The van der Waals surface area contributed by atoms with Gasteiger partial charge in [0.2, 0.25) is 0 Å². The Morgan fingerprint density at radius 3 is 2.29 bits per heavy atom. The summed E-state index contributed by atoms with van der Waals surface area (Å²) in [4.78, 5) is 33.6. The van der Waals surface area contributed by atoms with Gasteiger partial charge in [0.25, 0.3) is 5.91 Å². The predicted octanol–water partition coefficient (Wildman–Crippen LogP) is 4.74. The second-order valence-corrected chi connectivity index (χ2v) is 10.1. The van der Waals surface area contributed by atoms with E-state index in [1.54, 1.807) is 0 Å². The number of rotatable bonds is 5. The first-order valence-electron chi connectivity index (χ1n) is 12.4. The zero-order chi connectivity index (χ0) is 24.5. The van der Waals surface area contributed by atoms with Crippen LogP contribution in [-0.4, -0.2) is 62.1 Å². The molecule has 2 amide bonds. The van der Waals surface area contributed by atoms with E-state index in [4.69, 9.17) is 0 Å². The molecule has 1 aliphatic heterocycles. The number of amides is 2. The standard InChI is InChI=1S/C28H32N4O3/c1-19(2)14-24-17-30(28(34)35)12-13-31(24)27(33)25-26(20-8-4-3-5-9-20)32(18-29-25)23-15-21-10-6-7-11-22(21)16-23/h3-11,18-19,23-24H,12-17H2,1-2H3,(H,34,35)/t24-/m1/s1. The summed E-state index contributed by atoms with van der Waals surface area (Å²) < 4.78 is 2.17. The first-order valence-corrected chi connectivity index (χ1v) is 12.4. The maximum atomic E-state index is 14.0. The maximum Gasteiger partial charge on any atom is 0.407 e. The lowest BCUT2D eigenvalue weighted by atomic mass is 9.99. The Balaban J connectivity index is 1.51. The zero-order valence-corrected chi connectivity index (χ0v) is 20.3. The summed E-state index contributed by atoms with van der Waals surface area (Å²) in [5, 5.41) is 9.53. The van der Waals surface area contributed by atoms with Gasteiger partial charge in [-0.15, -0.1) is 0 Å². The number of imidazole rings is 1. The van der Waals surface area contributed by atoms with Gasteiger partial charge in [-0.3, -0.25) is 4.79 Å². The summed E-state index contributed by atoms with van der Waals surface area (Å²) in [6.07, 6.45) is 3.45. The number of carbonyl (C=O) groups excluding carboxylic acids is 1. The molecule has 7 heteroatoms. The van der Waals surface area contributed by atoms with Gasteiger partial charge in [0.1, 0.15) is 0 Å². The maximum absolute atomic E-state index is 14.0.